The Labute approximate surface area is 345 Å². The van der Waals surface area contributed by atoms with Gasteiger partial charge < -0.3 is 37.9 Å². The Balaban J connectivity index is 1.61. The molecule has 0 saturated carbocycles. The van der Waals surface area contributed by atoms with Gasteiger partial charge in [0.05, 0.1) is 45.7 Å². The van der Waals surface area contributed by atoms with E-state index in [1.54, 1.807) is 49.4 Å². The summed E-state index contributed by atoms with van der Waals surface area (Å²) in [4.78, 5) is 62.0. The lowest BCUT2D eigenvalue weighted by atomic mass is 10.1. The standard InChI is InChI=1S/C46H54O13/c1-6-26-54-40-23-16-34(31-41(40)52-5)17-25-43(48)59-39-24-22-37(32-38(39)46(51)57-30-15-11-9-13-28-55-42(47)7-2)58-45(50)35-18-20-36(21-19-35)53-27-12-8-10-14-29-56-44(49)33(3)4/h7,16-25,31-32H,2-3,6,8-15,26-30H2,1,4-5H3. The molecule has 0 N–H and O–H groups in total. The summed E-state index contributed by atoms with van der Waals surface area (Å²) in [5, 5.41) is 0. The molecule has 0 heterocycles. The third-order valence-electron chi connectivity index (χ3n) is 8.32. The molecule has 316 valence electrons. The Bertz CT molecular complexity index is 1890. The van der Waals surface area contributed by atoms with E-state index < -0.39 is 23.9 Å². The zero-order chi connectivity index (χ0) is 42.8. The first-order chi connectivity index (χ1) is 28.5. The first-order valence-corrected chi connectivity index (χ1v) is 19.6. The lowest BCUT2D eigenvalue weighted by Crippen LogP contribution is -2.13. The molecule has 0 atom stereocenters. The SMILES string of the molecule is C=CC(=O)OCCCCCCOC(=O)c1cc(OC(=O)c2ccc(OCCCCCCOC(=O)C(=C)C)cc2)ccc1OC(=O)C=Cc1ccc(OCCC)c(OC)c1. The second-order valence-corrected chi connectivity index (χ2v) is 13.2. The molecule has 0 aromatic heterocycles. The quantitative estimate of drug-likeness (QED) is 0.0236. The normalized spacial score (nSPS) is 10.6. The Morgan fingerprint density at radius 2 is 1.24 bits per heavy atom. The van der Waals surface area contributed by atoms with Crippen LogP contribution in [0.4, 0.5) is 0 Å². The topological polar surface area (TPSA) is 159 Å². The number of rotatable bonds is 27. The van der Waals surface area contributed by atoms with Crippen LogP contribution in [-0.4, -0.2) is 70.0 Å². The van der Waals surface area contributed by atoms with Gasteiger partial charge in [0.2, 0.25) is 0 Å². The van der Waals surface area contributed by atoms with E-state index in [-0.39, 0.29) is 41.8 Å². The van der Waals surface area contributed by atoms with E-state index in [0.717, 1.165) is 44.6 Å². The van der Waals surface area contributed by atoms with Gasteiger partial charge in [0, 0.05) is 17.7 Å². The Kier molecular flexibility index (Phi) is 21.1. The summed E-state index contributed by atoms with van der Waals surface area (Å²) in [6.45, 7) is 12.2. The van der Waals surface area contributed by atoms with Gasteiger partial charge in [-0.15, -0.1) is 0 Å². The summed E-state index contributed by atoms with van der Waals surface area (Å²) in [5.74, 6) is -1.50. The van der Waals surface area contributed by atoms with Gasteiger partial charge in [-0.3, -0.25) is 0 Å². The van der Waals surface area contributed by atoms with Crippen molar-refractivity contribution in [1.29, 1.82) is 0 Å². The fraction of sp³-hybridized carbons (Fsp3) is 0.370. The summed E-state index contributed by atoms with van der Waals surface area (Å²) in [7, 11) is 1.52. The van der Waals surface area contributed by atoms with Crippen LogP contribution in [0, 0.1) is 0 Å². The molecule has 0 radical (unpaired) electrons. The van der Waals surface area contributed by atoms with Crippen LogP contribution in [0.3, 0.4) is 0 Å². The second kappa shape index (κ2) is 26.5. The highest BCUT2D eigenvalue weighted by Gasteiger charge is 2.20. The molecule has 3 aromatic rings. The first kappa shape index (κ1) is 47.0. The van der Waals surface area contributed by atoms with Crippen molar-refractivity contribution in [3.05, 3.63) is 108 Å². The molecule has 0 bridgehead atoms. The second-order valence-electron chi connectivity index (χ2n) is 13.2. The van der Waals surface area contributed by atoms with Crippen LogP contribution in [0.2, 0.25) is 0 Å². The predicted octanol–water partition coefficient (Wildman–Crippen LogP) is 8.83. The Hall–Kier alpha value is -6.37. The van der Waals surface area contributed by atoms with Crippen LogP contribution < -0.4 is 23.7 Å². The molecular weight excluding hydrogens is 760 g/mol. The molecule has 0 amide bonds. The maximum absolute atomic E-state index is 13.3. The van der Waals surface area contributed by atoms with Crippen molar-refractivity contribution in [2.45, 2.75) is 71.6 Å². The molecule has 0 saturated heterocycles. The van der Waals surface area contributed by atoms with Crippen molar-refractivity contribution in [1.82, 2.24) is 0 Å². The minimum Gasteiger partial charge on any atom is -0.494 e. The van der Waals surface area contributed by atoms with Crippen molar-refractivity contribution in [2.75, 3.05) is 40.1 Å². The van der Waals surface area contributed by atoms with Crippen LogP contribution in [0.1, 0.15) is 97.9 Å². The average molecular weight is 815 g/mol. The van der Waals surface area contributed by atoms with Gasteiger partial charge in [0.1, 0.15) is 22.8 Å². The number of ether oxygens (including phenoxy) is 8. The van der Waals surface area contributed by atoms with Crippen LogP contribution >= 0.6 is 0 Å². The molecule has 3 aromatic carbocycles. The molecule has 0 aliphatic rings. The number of carbonyl (C=O) groups excluding carboxylic acids is 5. The van der Waals surface area contributed by atoms with Crippen LogP contribution in [0.25, 0.3) is 6.08 Å². The summed E-state index contributed by atoms with van der Waals surface area (Å²) in [6, 6.07) is 15.7. The highest BCUT2D eigenvalue weighted by atomic mass is 16.6. The fourth-order valence-electron chi connectivity index (χ4n) is 5.17. The van der Waals surface area contributed by atoms with Crippen LogP contribution in [0.5, 0.6) is 28.7 Å². The molecule has 13 heteroatoms. The molecule has 0 aliphatic heterocycles. The smallest absolute Gasteiger partial charge is 0.343 e. The van der Waals surface area contributed by atoms with Crippen molar-refractivity contribution < 1.29 is 61.9 Å². The molecule has 59 heavy (non-hydrogen) atoms. The van der Waals surface area contributed by atoms with E-state index in [2.05, 4.69) is 13.2 Å². The molecule has 13 nitrogen and oxygen atoms in total. The summed E-state index contributed by atoms with van der Waals surface area (Å²) in [5.41, 5.74) is 1.15. The molecular formula is C46H54O13. The third kappa shape index (κ3) is 17.8. The van der Waals surface area contributed by atoms with E-state index in [1.807, 2.05) is 6.92 Å². The molecule has 0 spiro atoms. The summed E-state index contributed by atoms with van der Waals surface area (Å²) < 4.78 is 43.6. The molecule has 3 rings (SSSR count). The van der Waals surface area contributed by atoms with Crippen LogP contribution in [-0.2, 0) is 28.6 Å². The zero-order valence-electron chi connectivity index (χ0n) is 34.1. The van der Waals surface area contributed by atoms with Gasteiger partial charge in [0.25, 0.3) is 0 Å². The Morgan fingerprint density at radius 3 is 1.88 bits per heavy atom. The lowest BCUT2D eigenvalue weighted by Gasteiger charge is -2.12. The first-order valence-electron chi connectivity index (χ1n) is 19.6. The van der Waals surface area contributed by atoms with Crippen molar-refractivity contribution >= 4 is 35.9 Å². The van der Waals surface area contributed by atoms with Gasteiger partial charge in [0.15, 0.2) is 11.5 Å². The lowest BCUT2D eigenvalue weighted by molar-refractivity contribution is -0.139. The van der Waals surface area contributed by atoms with E-state index in [1.165, 1.54) is 37.5 Å². The van der Waals surface area contributed by atoms with Gasteiger partial charge >= 0.3 is 29.8 Å². The van der Waals surface area contributed by atoms with Gasteiger partial charge in [-0.2, -0.15) is 0 Å². The number of methoxy groups -OCH3 is 1. The van der Waals surface area contributed by atoms with Crippen molar-refractivity contribution in [3.8, 4) is 28.7 Å². The van der Waals surface area contributed by atoms with Crippen molar-refractivity contribution in [2.24, 2.45) is 0 Å². The van der Waals surface area contributed by atoms with E-state index in [9.17, 15) is 24.0 Å². The predicted molar refractivity (Wildman–Crippen MR) is 221 cm³/mol. The largest absolute Gasteiger partial charge is 0.494 e. The third-order valence-corrected chi connectivity index (χ3v) is 8.32. The number of esters is 5. The van der Waals surface area contributed by atoms with Gasteiger partial charge in [-0.25, -0.2) is 24.0 Å². The monoisotopic (exact) mass is 814 g/mol. The maximum Gasteiger partial charge on any atom is 0.343 e. The minimum atomic E-state index is -0.783. The minimum absolute atomic E-state index is 0.0264. The highest BCUT2D eigenvalue weighted by molar-refractivity contribution is 5.96. The van der Waals surface area contributed by atoms with Crippen molar-refractivity contribution in [3.63, 3.8) is 0 Å². The number of carbonyl (C=O) groups is 5. The highest BCUT2D eigenvalue weighted by Crippen LogP contribution is 2.30. The van der Waals surface area contributed by atoms with E-state index >= 15 is 0 Å². The fourth-order valence-corrected chi connectivity index (χ4v) is 5.17. The molecule has 0 fully saturated rings. The zero-order valence-corrected chi connectivity index (χ0v) is 34.1. The van der Waals surface area contributed by atoms with Gasteiger partial charge in [-0.05, 0) is 131 Å². The number of unbranched alkanes of at least 4 members (excludes halogenated alkanes) is 6. The van der Waals surface area contributed by atoms with Crippen LogP contribution in [0.15, 0.2) is 91.5 Å². The average Bonchev–Trinajstić information content (AvgIpc) is 3.24. The van der Waals surface area contributed by atoms with Gasteiger partial charge in [-0.1, -0.05) is 26.1 Å². The number of benzene rings is 3. The number of hydrogen-bond acceptors (Lipinski definition) is 13. The molecule has 0 aliphatic carbocycles. The summed E-state index contributed by atoms with van der Waals surface area (Å²) >= 11 is 0. The number of hydrogen-bond donors (Lipinski definition) is 0. The molecule has 0 unspecified atom stereocenters. The van der Waals surface area contributed by atoms with E-state index in [4.69, 9.17) is 37.9 Å². The Morgan fingerprint density at radius 1 is 0.610 bits per heavy atom. The summed E-state index contributed by atoms with van der Waals surface area (Å²) in [6.07, 6.45) is 10.7. The maximum atomic E-state index is 13.3. The van der Waals surface area contributed by atoms with E-state index in [0.29, 0.717) is 67.5 Å².